The predicted molar refractivity (Wildman–Crippen MR) is 150 cm³/mol. The first-order valence-corrected chi connectivity index (χ1v) is 14.7. The van der Waals surface area contributed by atoms with Gasteiger partial charge in [0, 0.05) is 24.2 Å². The maximum absolute atomic E-state index is 14.0. The molecule has 6 rings (SSSR count). The van der Waals surface area contributed by atoms with Crippen molar-refractivity contribution in [3.05, 3.63) is 75.7 Å². The lowest BCUT2D eigenvalue weighted by molar-refractivity contribution is 0.0497. The minimum atomic E-state index is -0.926. The quantitative estimate of drug-likeness (QED) is 0.427. The van der Waals surface area contributed by atoms with Gasteiger partial charge in [0.25, 0.3) is 5.56 Å². The molecule has 2 saturated heterocycles. The molecule has 6 nitrogen and oxygen atoms in total. The van der Waals surface area contributed by atoms with E-state index in [1.54, 1.807) is 12.1 Å². The summed E-state index contributed by atoms with van der Waals surface area (Å²) < 4.78 is 2.09. The Labute approximate surface area is 224 Å². The number of rotatable bonds is 6. The van der Waals surface area contributed by atoms with Gasteiger partial charge in [-0.05, 0) is 81.2 Å². The number of hydrogen-bond donors (Lipinski definition) is 1. The van der Waals surface area contributed by atoms with Gasteiger partial charge in [-0.2, -0.15) is 0 Å². The van der Waals surface area contributed by atoms with Crippen LogP contribution < -0.4 is 5.56 Å². The van der Waals surface area contributed by atoms with Crippen molar-refractivity contribution < 1.29 is 9.90 Å². The molecule has 2 aromatic carbocycles. The average Bonchev–Trinajstić information content (AvgIpc) is 3.16. The van der Waals surface area contributed by atoms with E-state index in [4.69, 9.17) is 4.98 Å². The molecule has 3 aromatic rings. The highest BCUT2D eigenvalue weighted by Gasteiger charge is 2.44. The highest BCUT2D eigenvalue weighted by molar-refractivity contribution is 5.87. The summed E-state index contributed by atoms with van der Waals surface area (Å²) in [7, 11) is 0. The molecular weight excluding hydrogens is 474 g/mol. The van der Waals surface area contributed by atoms with Crippen molar-refractivity contribution in [2.24, 2.45) is 0 Å². The van der Waals surface area contributed by atoms with Crippen molar-refractivity contribution in [3.8, 4) is 0 Å². The van der Waals surface area contributed by atoms with Crippen LogP contribution in [0, 0.1) is 0 Å². The monoisotopic (exact) mass is 513 g/mol. The van der Waals surface area contributed by atoms with Crippen LogP contribution >= 0.6 is 0 Å². The van der Waals surface area contributed by atoms with Crippen LogP contribution in [0.25, 0.3) is 11.0 Å². The summed E-state index contributed by atoms with van der Waals surface area (Å²) in [4.78, 5) is 32.8. The van der Waals surface area contributed by atoms with E-state index >= 15 is 0 Å². The third-order valence-electron chi connectivity index (χ3n) is 9.34. The van der Waals surface area contributed by atoms with E-state index in [1.165, 1.54) is 57.8 Å². The van der Waals surface area contributed by atoms with Gasteiger partial charge < -0.3 is 9.67 Å². The van der Waals surface area contributed by atoms with Gasteiger partial charge >= 0.3 is 5.97 Å². The summed E-state index contributed by atoms with van der Waals surface area (Å²) in [5.74, 6) is -0.926. The van der Waals surface area contributed by atoms with Crippen LogP contribution in [-0.2, 0) is 12.8 Å². The average molecular weight is 514 g/mol. The normalized spacial score (nSPS) is 24.8. The molecule has 200 valence electrons. The fourth-order valence-electron chi connectivity index (χ4n) is 7.53. The number of benzene rings is 2. The third-order valence-corrected chi connectivity index (χ3v) is 9.34. The lowest BCUT2D eigenvalue weighted by Gasteiger charge is -2.45. The van der Waals surface area contributed by atoms with Crippen LogP contribution in [0.4, 0.5) is 0 Å². The Balaban J connectivity index is 1.26. The Morgan fingerprint density at radius 1 is 0.789 bits per heavy atom. The lowest BCUT2D eigenvalue weighted by atomic mass is 9.89. The van der Waals surface area contributed by atoms with Gasteiger partial charge in [-0.3, -0.25) is 9.69 Å². The molecular formula is C32H39N3O3. The van der Waals surface area contributed by atoms with Crippen LogP contribution in [0.1, 0.15) is 98.3 Å². The van der Waals surface area contributed by atoms with Gasteiger partial charge in [0.2, 0.25) is 0 Å². The standard InChI is InChI=1S/C32H39N3O3/c36-31-29(19-14-22-12-15-23(16-13-22)32(37)38)33-28-10-6-7-11-30(28)35(31)27-20-25-17-18-26(21-27)34(25)24-8-4-2-1-3-5-9-24/h6-7,10-13,15-16,24-27H,1-5,8-9,14,17-21H2,(H,37,38)/t25-,26+,27?. The topological polar surface area (TPSA) is 75.4 Å². The number of carboxylic acids is 1. The third kappa shape index (κ3) is 5.03. The fraction of sp³-hybridized carbons (Fsp3) is 0.531. The van der Waals surface area contributed by atoms with E-state index in [1.807, 2.05) is 30.3 Å². The molecule has 0 spiro atoms. The van der Waals surface area contributed by atoms with Crippen molar-refractivity contribution >= 4 is 17.0 Å². The minimum Gasteiger partial charge on any atom is -0.478 e. The van der Waals surface area contributed by atoms with Gasteiger partial charge in [0.1, 0.15) is 5.69 Å². The van der Waals surface area contributed by atoms with Crippen molar-refractivity contribution in [1.82, 2.24) is 14.5 Å². The number of aryl methyl sites for hydroxylation is 2. The first-order chi connectivity index (χ1) is 18.6. The van der Waals surface area contributed by atoms with Crippen LogP contribution in [-0.4, -0.2) is 43.7 Å². The maximum Gasteiger partial charge on any atom is 0.335 e. The summed E-state index contributed by atoms with van der Waals surface area (Å²) in [5, 5.41) is 9.17. The Morgan fingerprint density at radius 3 is 2.13 bits per heavy atom. The molecule has 38 heavy (non-hydrogen) atoms. The lowest BCUT2D eigenvalue weighted by Crippen LogP contribution is -2.50. The molecule has 1 unspecified atom stereocenters. The summed E-state index contributed by atoms with van der Waals surface area (Å²) in [5.41, 5.74) is 3.80. The molecule has 3 atom stereocenters. The molecule has 3 aliphatic rings. The van der Waals surface area contributed by atoms with Crippen molar-refractivity contribution in [2.75, 3.05) is 0 Å². The predicted octanol–water partition coefficient (Wildman–Crippen LogP) is 6.16. The number of piperidine rings is 1. The number of para-hydroxylation sites is 2. The first kappa shape index (κ1) is 25.3. The van der Waals surface area contributed by atoms with E-state index in [0.717, 1.165) is 35.5 Å². The number of carbonyl (C=O) groups is 1. The molecule has 1 aromatic heterocycles. The molecule has 2 aliphatic heterocycles. The molecule has 1 aliphatic carbocycles. The Kier molecular flexibility index (Phi) is 7.33. The molecule has 0 radical (unpaired) electrons. The van der Waals surface area contributed by atoms with E-state index in [9.17, 15) is 14.7 Å². The van der Waals surface area contributed by atoms with Gasteiger partial charge in [-0.1, -0.05) is 56.4 Å². The first-order valence-electron chi connectivity index (χ1n) is 14.7. The number of hydrogen-bond acceptors (Lipinski definition) is 4. The second-order valence-corrected chi connectivity index (χ2v) is 11.7. The zero-order chi connectivity index (χ0) is 26.1. The van der Waals surface area contributed by atoms with E-state index < -0.39 is 5.97 Å². The number of aromatic carboxylic acids is 1. The number of carboxylic acid groups (broad SMARTS) is 1. The molecule has 0 amide bonds. The molecule has 2 bridgehead atoms. The SMILES string of the molecule is O=C(O)c1ccc(CCc2nc3ccccc3n(C3C[C@H]4CC[C@@H](C3)N4C3CCCCCCC3)c2=O)cc1. The Bertz CT molecular complexity index is 1330. The van der Waals surface area contributed by atoms with Gasteiger partial charge in [0.15, 0.2) is 0 Å². The maximum atomic E-state index is 14.0. The van der Waals surface area contributed by atoms with Crippen molar-refractivity contribution in [2.45, 2.75) is 108 Å². The van der Waals surface area contributed by atoms with Crippen LogP contribution in [0.15, 0.2) is 53.3 Å². The molecule has 1 N–H and O–H groups in total. The molecule has 3 heterocycles. The zero-order valence-corrected chi connectivity index (χ0v) is 22.2. The minimum absolute atomic E-state index is 0.0506. The van der Waals surface area contributed by atoms with Gasteiger partial charge in [0.05, 0.1) is 16.6 Å². The summed E-state index contributed by atoms with van der Waals surface area (Å²) in [6.45, 7) is 0. The summed E-state index contributed by atoms with van der Waals surface area (Å²) >= 11 is 0. The number of nitrogens with zero attached hydrogens (tertiary/aromatic N) is 3. The highest BCUT2D eigenvalue weighted by Crippen LogP contribution is 2.44. The van der Waals surface area contributed by atoms with Crippen LogP contribution in [0.3, 0.4) is 0 Å². The second-order valence-electron chi connectivity index (χ2n) is 11.7. The Morgan fingerprint density at radius 2 is 1.45 bits per heavy atom. The molecule has 6 heteroatoms. The number of aromatic nitrogens is 2. The zero-order valence-electron chi connectivity index (χ0n) is 22.2. The largest absolute Gasteiger partial charge is 0.478 e. The summed E-state index contributed by atoms with van der Waals surface area (Å²) in [6.07, 6.45) is 15.4. The molecule has 1 saturated carbocycles. The van der Waals surface area contributed by atoms with Gasteiger partial charge in [-0.15, -0.1) is 0 Å². The second kappa shape index (κ2) is 11.0. The van der Waals surface area contributed by atoms with Crippen LogP contribution in [0.2, 0.25) is 0 Å². The Hall–Kier alpha value is -2.99. The summed E-state index contributed by atoms with van der Waals surface area (Å²) in [6, 6.07) is 17.1. The fourth-order valence-corrected chi connectivity index (χ4v) is 7.53. The van der Waals surface area contributed by atoms with E-state index in [0.29, 0.717) is 30.6 Å². The van der Waals surface area contributed by atoms with Crippen molar-refractivity contribution in [3.63, 3.8) is 0 Å². The van der Waals surface area contributed by atoms with Crippen LogP contribution in [0.5, 0.6) is 0 Å². The van der Waals surface area contributed by atoms with E-state index in [-0.39, 0.29) is 17.2 Å². The van der Waals surface area contributed by atoms with E-state index in [2.05, 4.69) is 15.5 Å². The molecule has 3 fully saturated rings. The number of fused-ring (bicyclic) bond motifs is 3. The highest BCUT2D eigenvalue weighted by atomic mass is 16.4. The smallest absolute Gasteiger partial charge is 0.335 e. The van der Waals surface area contributed by atoms with Crippen molar-refractivity contribution in [1.29, 1.82) is 0 Å². The van der Waals surface area contributed by atoms with Gasteiger partial charge in [-0.25, -0.2) is 9.78 Å².